The maximum Gasteiger partial charge on any atom is 0.321 e. The van der Waals surface area contributed by atoms with Crippen molar-refractivity contribution in [2.24, 2.45) is 9.81 Å². The maximum absolute atomic E-state index is 11.9. The number of hydrogen-bond acceptors (Lipinski definition) is 2. The smallest absolute Gasteiger partial charge is 0.187 e. The Morgan fingerprint density at radius 1 is 1.32 bits per heavy atom. The minimum atomic E-state index is -3.65. The Morgan fingerprint density at radius 3 is 2.42 bits per heavy atom. The standard InChI is InChI=1S/C14H18N2O2S/c1-5-13(2,3)14(4)12(15-19(17,18)16-14)11-9-7-6-8-10-11/h5-10,16H,1H2,2-4H3/t14-/m1/s1. The molecule has 1 aliphatic rings. The van der Waals surface area contributed by atoms with Crippen molar-refractivity contribution in [3.05, 3.63) is 48.6 Å². The first-order valence-electron chi connectivity index (χ1n) is 6.05. The van der Waals surface area contributed by atoms with Gasteiger partial charge in [-0.25, -0.2) is 0 Å². The third-order valence-electron chi connectivity index (χ3n) is 3.86. The van der Waals surface area contributed by atoms with Gasteiger partial charge in [-0.3, -0.25) is 0 Å². The first-order valence-corrected chi connectivity index (χ1v) is 7.49. The SMILES string of the molecule is C=CC(C)(C)[C@]1(C)NS(=O)(=O)N=C1c1ccccc1. The molecule has 0 aromatic heterocycles. The summed E-state index contributed by atoms with van der Waals surface area (Å²) in [5.41, 5.74) is 0.0479. The van der Waals surface area contributed by atoms with Crippen LogP contribution in [0, 0.1) is 5.41 Å². The van der Waals surface area contributed by atoms with E-state index in [0.29, 0.717) is 5.71 Å². The van der Waals surface area contributed by atoms with Crippen LogP contribution in [0.3, 0.4) is 0 Å². The fraction of sp³-hybridized carbons (Fsp3) is 0.357. The molecule has 1 aliphatic heterocycles. The molecule has 1 aromatic carbocycles. The van der Waals surface area contributed by atoms with Crippen LogP contribution in [0.1, 0.15) is 26.3 Å². The molecule has 0 spiro atoms. The summed E-state index contributed by atoms with van der Waals surface area (Å²) < 4.78 is 30.3. The summed E-state index contributed by atoms with van der Waals surface area (Å²) >= 11 is 0. The second-order valence-electron chi connectivity index (χ2n) is 5.43. The van der Waals surface area contributed by atoms with Gasteiger partial charge in [-0.05, 0) is 12.5 Å². The van der Waals surface area contributed by atoms with Gasteiger partial charge in [-0.1, -0.05) is 50.3 Å². The predicted octanol–water partition coefficient (Wildman–Crippen LogP) is 2.29. The summed E-state index contributed by atoms with van der Waals surface area (Å²) in [6, 6.07) is 9.34. The van der Waals surface area contributed by atoms with E-state index in [0.717, 1.165) is 5.56 Å². The number of benzene rings is 1. The van der Waals surface area contributed by atoms with E-state index >= 15 is 0 Å². The Bertz CT molecular complexity index is 633. The van der Waals surface area contributed by atoms with Crippen LogP contribution in [0.2, 0.25) is 0 Å². The summed E-state index contributed by atoms with van der Waals surface area (Å²) in [5, 5.41) is 0. The molecule has 0 aliphatic carbocycles. The van der Waals surface area contributed by atoms with Gasteiger partial charge in [0.15, 0.2) is 0 Å². The van der Waals surface area contributed by atoms with Crippen molar-refractivity contribution in [3.63, 3.8) is 0 Å². The lowest BCUT2D eigenvalue weighted by atomic mass is 9.70. The second-order valence-corrected chi connectivity index (χ2v) is 6.77. The van der Waals surface area contributed by atoms with Crippen molar-refractivity contribution in [2.75, 3.05) is 0 Å². The highest BCUT2D eigenvalue weighted by atomic mass is 32.2. The molecule has 0 saturated carbocycles. The Hall–Kier alpha value is -1.46. The number of nitrogens with zero attached hydrogens (tertiary/aromatic N) is 1. The van der Waals surface area contributed by atoms with E-state index in [4.69, 9.17) is 0 Å². The molecule has 0 saturated heterocycles. The van der Waals surface area contributed by atoms with Gasteiger partial charge in [0.25, 0.3) is 0 Å². The minimum absolute atomic E-state index is 0.467. The summed E-state index contributed by atoms with van der Waals surface area (Å²) in [5.74, 6) is 0. The largest absolute Gasteiger partial charge is 0.321 e. The molecule has 0 fully saturated rings. The highest BCUT2D eigenvalue weighted by Gasteiger charge is 2.50. The molecule has 0 unspecified atom stereocenters. The van der Waals surface area contributed by atoms with Crippen LogP contribution in [-0.4, -0.2) is 19.7 Å². The lowest BCUT2D eigenvalue weighted by Gasteiger charge is -2.39. The zero-order chi connectivity index (χ0) is 14.3. The van der Waals surface area contributed by atoms with Crippen LogP contribution in [0.15, 0.2) is 47.4 Å². The third kappa shape index (κ3) is 2.24. The van der Waals surface area contributed by atoms with Gasteiger partial charge in [0.1, 0.15) is 0 Å². The van der Waals surface area contributed by atoms with Crippen molar-refractivity contribution in [3.8, 4) is 0 Å². The van der Waals surface area contributed by atoms with Gasteiger partial charge in [0, 0.05) is 5.41 Å². The average molecular weight is 278 g/mol. The normalized spacial score (nSPS) is 25.9. The van der Waals surface area contributed by atoms with Gasteiger partial charge in [-0.15, -0.1) is 6.58 Å². The highest BCUT2D eigenvalue weighted by molar-refractivity contribution is 7.88. The molecular formula is C14H18N2O2S. The zero-order valence-corrected chi connectivity index (χ0v) is 12.2. The molecule has 4 nitrogen and oxygen atoms in total. The molecule has 19 heavy (non-hydrogen) atoms. The summed E-state index contributed by atoms with van der Waals surface area (Å²) in [6.45, 7) is 9.52. The van der Waals surface area contributed by atoms with Crippen molar-refractivity contribution in [1.82, 2.24) is 4.72 Å². The minimum Gasteiger partial charge on any atom is -0.187 e. The lowest BCUT2D eigenvalue weighted by molar-refractivity contribution is 0.311. The van der Waals surface area contributed by atoms with E-state index < -0.39 is 21.2 Å². The second kappa shape index (κ2) is 4.28. The van der Waals surface area contributed by atoms with Crippen LogP contribution < -0.4 is 4.72 Å². The molecule has 1 atom stereocenters. The zero-order valence-electron chi connectivity index (χ0n) is 11.3. The van der Waals surface area contributed by atoms with Crippen molar-refractivity contribution in [2.45, 2.75) is 26.3 Å². The van der Waals surface area contributed by atoms with E-state index in [2.05, 4.69) is 15.7 Å². The van der Waals surface area contributed by atoms with E-state index in [1.165, 1.54) is 0 Å². The highest BCUT2D eigenvalue weighted by Crippen LogP contribution is 2.39. The van der Waals surface area contributed by atoms with Crippen LogP contribution in [0.5, 0.6) is 0 Å². The van der Waals surface area contributed by atoms with Gasteiger partial charge < -0.3 is 0 Å². The molecule has 0 amide bonds. The van der Waals surface area contributed by atoms with Gasteiger partial charge in [0.05, 0.1) is 11.3 Å². The molecular weight excluding hydrogens is 260 g/mol. The molecule has 1 N–H and O–H groups in total. The van der Waals surface area contributed by atoms with Crippen molar-refractivity contribution in [1.29, 1.82) is 0 Å². The maximum atomic E-state index is 11.9. The number of rotatable bonds is 3. The Morgan fingerprint density at radius 2 is 1.89 bits per heavy atom. The third-order valence-corrected chi connectivity index (χ3v) is 4.95. The summed E-state index contributed by atoms with van der Waals surface area (Å²) in [6.07, 6.45) is 1.75. The molecule has 0 bridgehead atoms. The molecule has 102 valence electrons. The van der Waals surface area contributed by atoms with Gasteiger partial charge >= 0.3 is 10.2 Å². The van der Waals surface area contributed by atoms with Crippen molar-refractivity contribution >= 4 is 15.9 Å². The Labute approximate surface area is 114 Å². The van der Waals surface area contributed by atoms with E-state index in [1.807, 2.05) is 51.1 Å². The molecule has 1 aromatic rings. The fourth-order valence-electron chi connectivity index (χ4n) is 2.12. The Kier molecular flexibility index (Phi) is 3.15. The van der Waals surface area contributed by atoms with E-state index in [9.17, 15) is 8.42 Å². The van der Waals surface area contributed by atoms with Crippen LogP contribution >= 0.6 is 0 Å². The van der Waals surface area contributed by atoms with E-state index in [1.54, 1.807) is 6.08 Å². The Balaban J connectivity index is 2.65. The summed E-state index contributed by atoms with van der Waals surface area (Å²) in [4.78, 5) is 0. The van der Waals surface area contributed by atoms with Gasteiger partial charge in [0.2, 0.25) is 0 Å². The lowest BCUT2D eigenvalue weighted by Crippen LogP contribution is -2.56. The molecule has 2 rings (SSSR count). The van der Waals surface area contributed by atoms with Crippen LogP contribution in [0.4, 0.5) is 0 Å². The van der Waals surface area contributed by atoms with E-state index in [-0.39, 0.29) is 0 Å². The number of hydrogen-bond donors (Lipinski definition) is 1. The molecule has 0 radical (unpaired) electrons. The van der Waals surface area contributed by atoms with Crippen LogP contribution in [-0.2, 0) is 10.2 Å². The quantitative estimate of drug-likeness (QED) is 0.862. The monoisotopic (exact) mass is 278 g/mol. The van der Waals surface area contributed by atoms with Gasteiger partial charge in [-0.2, -0.15) is 17.5 Å². The first-order chi connectivity index (χ1) is 8.72. The van der Waals surface area contributed by atoms with Crippen molar-refractivity contribution < 1.29 is 8.42 Å². The molecule has 1 heterocycles. The summed E-state index contributed by atoms with van der Waals surface area (Å²) in [7, 11) is -3.65. The molecule has 5 heteroatoms. The fourth-order valence-corrected chi connectivity index (χ4v) is 3.57. The van der Waals surface area contributed by atoms with Crippen LogP contribution in [0.25, 0.3) is 0 Å². The first kappa shape index (κ1) is 14.0. The number of nitrogens with one attached hydrogen (secondary N) is 1. The average Bonchev–Trinajstić information content (AvgIpc) is 2.62. The predicted molar refractivity (Wildman–Crippen MR) is 77.4 cm³/mol. The topological polar surface area (TPSA) is 58.5 Å².